The molecule has 100 valence electrons. The molecular formula is C16H19NO2. The van der Waals surface area contributed by atoms with Gasteiger partial charge in [-0.3, -0.25) is 0 Å². The largest absolute Gasteiger partial charge is 0.462 e. The summed E-state index contributed by atoms with van der Waals surface area (Å²) in [5, 5.41) is 9.52. The molecule has 0 aromatic heterocycles. The second-order valence-corrected chi connectivity index (χ2v) is 5.05. The van der Waals surface area contributed by atoms with Crippen molar-refractivity contribution in [2.75, 3.05) is 6.61 Å². The van der Waals surface area contributed by atoms with Gasteiger partial charge in [0, 0.05) is 0 Å². The molecule has 1 aliphatic rings. The zero-order valence-corrected chi connectivity index (χ0v) is 11.3. The maximum Gasteiger partial charge on any atom is 0.338 e. The molecule has 19 heavy (non-hydrogen) atoms. The van der Waals surface area contributed by atoms with E-state index >= 15 is 0 Å². The topological polar surface area (TPSA) is 50.1 Å². The lowest BCUT2D eigenvalue weighted by atomic mass is 9.70. The number of hydrogen-bond acceptors (Lipinski definition) is 3. The second kappa shape index (κ2) is 5.88. The summed E-state index contributed by atoms with van der Waals surface area (Å²) in [6, 6.07) is 9.83. The number of ether oxygens (including phenoxy) is 1. The van der Waals surface area contributed by atoms with E-state index in [1.165, 1.54) is 6.42 Å². The molecule has 0 saturated heterocycles. The molecule has 0 spiro atoms. The molecule has 2 rings (SSSR count). The number of rotatable bonds is 3. The molecule has 1 aliphatic carbocycles. The van der Waals surface area contributed by atoms with E-state index in [2.05, 4.69) is 6.07 Å². The molecule has 3 heteroatoms. The van der Waals surface area contributed by atoms with Crippen molar-refractivity contribution in [2.45, 2.75) is 44.4 Å². The molecule has 0 unspecified atom stereocenters. The summed E-state index contributed by atoms with van der Waals surface area (Å²) in [6.45, 7) is 2.17. The minimum atomic E-state index is -0.356. The number of nitrogens with zero attached hydrogens (tertiary/aromatic N) is 1. The van der Waals surface area contributed by atoms with Gasteiger partial charge < -0.3 is 4.74 Å². The van der Waals surface area contributed by atoms with Crippen LogP contribution in [0.4, 0.5) is 0 Å². The molecule has 0 amide bonds. The van der Waals surface area contributed by atoms with Gasteiger partial charge in [-0.05, 0) is 37.5 Å². The van der Waals surface area contributed by atoms with Crippen molar-refractivity contribution in [1.29, 1.82) is 5.26 Å². The zero-order chi connectivity index (χ0) is 13.7. The van der Waals surface area contributed by atoms with Crippen molar-refractivity contribution in [3.63, 3.8) is 0 Å². The van der Waals surface area contributed by atoms with Crippen LogP contribution in [0.1, 0.15) is 54.9 Å². The first-order valence-electron chi connectivity index (χ1n) is 6.91. The van der Waals surface area contributed by atoms with E-state index in [-0.39, 0.29) is 11.4 Å². The molecule has 1 saturated carbocycles. The summed E-state index contributed by atoms with van der Waals surface area (Å²) in [6.07, 6.45) is 5.26. The Hall–Kier alpha value is -1.82. The Balaban J connectivity index is 2.22. The Morgan fingerprint density at radius 1 is 1.26 bits per heavy atom. The van der Waals surface area contributed by atoms with Gasteiger partial charge in [-0.15, -0.1) is 0 Å². The van der Waals surface area contributed by atoms with Crippen molar-refractivity contribution in [1.82, 2.24) is 0 Å². The molecule has 0 N–H and O–H groups in total. The number of nitriles is 1. The normalized spacial score (nSPS) is 17.5. The number of hydrogen-bond donors (Lipinski definition) is 0. The van der Waals surface area contributed by atoms with Gasteiger partial charge in [0.1, 0.15) is 0 Å². The van der Waals surface area contributed by atoms with Crippen LogP contribution in [0.15, 0.2) is 24.3 Å². The monoisotopic (exact) mass is 257 g/mol. The Morgan fingerprint density at radius 2 is 1.89 bits per heavy atom. The SMILES string of the molecule is CCOC(=O)c1ccc(C2(C#N)CCCCC2)cc1. The molecule has 1 aromatic rings. The van der Waals surface area contributed by atoms with Gasteiger partial charge in [-0.2, -0.15) is 5.26 Å². The molecule has 0 atom stereocenters. The zero-order valence-electron chi connectivity index (χ0n) is 11.3. The molecule has 3 nitrogen and oxygen atoms in total. The Morgan fingerprint density at radius 3 is 2.42 bits per heavy atom. The van der Waals surface area contributed by atoms with Crippen LogP contribution in [-0.4, -0.2) is 12.6 Å². The molecule has 1 aromatic carbocycles. The number of esters is 1. The highest BCUT2D eigenvalue weighted by Crippen LogP contribution is 2.38. The van der Waals surface area contributed by atoms with Crippen LogP contribution in [0.25, 0.3) is 0 Å². The summed E-state index contributed by atoms with van der Waals surface area (Å²) >= 11 is 0. The first-order chi connectivity index (χ1) is 9.22. The van der Waals surface area contributed by atoms with Crippen molar-refractivity contribution in [2.24, 2.45) is 0 Å². The summed E-state index contributed by atoms with van der Waals surface area (Å²) in [5.74, 6) is -0.302. The lowest BCUT2D eigenvalue weighted by Crippen LogP contribution is -2.27. The predicted octanol–water partition coefficient (Wildman–Crippen LogP) is 3.59. The summed E-state index contributed by atoms with van der Waals surface area (Å²) < 4.78 is 4.96. The van der Waals surface area contributed by atoms with Crippen LogP contribution in [0.5, 0.6) is 0 Å². The Kier molecular flexibility index (Phi) is 4.21. The van der Waals surface area contributed by atoms with Crippen molar-refractivity contribution in [3.8, 4) is 6.07 Å². The van der Waals surface area contributed by atoms with Gasteiger partial charge in [0.2, 0.25) is 0 Å². The second-order valence-electron chi connectivity index (χ2n) is 5.05. The third-order valence-corrected chi connectivity index (χ3v) is 3.87. The van der Waals surface area contributed by atoms with Gasteiger partial charge in [0.25, 0.3) is 0 Å². The first kappa shape index (κ1) is 13.6. The predicted molar refractivity (Wildman–Crippen MR) is 72.8 cm³/mol. The highest BCUT2D eigenvalue weighted by molar-refractivity contribution is 5.89. The first-order valence-corrected chi connectivity index (χ1v) is 6.91. The van der Waals surface area contributed by atoms with Crippen molar-refractivity contribution >= 4 is 5.97 Å². The quantitative estimate of drug-likeness (QED) is 0.777. The molecule has 0 bridgehead atoms. The molecule has 1 fully saturated rings. The van der Waals surface area contributed by atoms with E-state index in [1.54, 1.807) is 19.1 Å². The summed E-state index contributed by atoms with van der Waals surface area (Å²) in [4.78, 5) is 11.6. The standard InChI is InChI=1S/C16H19NO2/c1-2-19-15(18)13-6-8-14(9-7-13)16(12-17)10-4-3-5-11-16/h6-9H,2-5,10-11H2,1H3. The van der Waals surface area contributed by atoms with Crippen molar-refractivity contribution < 1.29 is 9.53 Å². The number of benzene rings is 1. The van der Waals surface area contributed by atoms with Crippen LogP contribution in [0.3, 0.4) is 0 Å². The van der Waals surface area contributed by atoms with E-state index in [4.69, 9.17) is 4.74 Å². The van der Waals surface area contributed by atoms with Crippen LogP contribution in [0, 0.1) is 11.3 Å². The fraction of sp³-hybridized carbons (Fsp3) is 0.500. The van der Waals surface area contributed by atoms with Crippen LogP contribution >= 0.6 is 0 Å². The lowest BCUT2D eigenvalue weighted by molar-refractivity contribution is 0.0526. The van der Waals surface area contributed by atoms with Gasteiger partial charge in [-0.1, -0.05) is 31.4 Å². The van der Waals surface area contributed by atoms with Crippen molar-refractivity contribution in [3.05, 3.63) is 35.4 Å². The summed E-state index contributed by atoms with van der Waals surface area (Å²) in [7, 11) is 0. The third kappa shape index (κ3) is 2.78. The van der Waals surface area contributed by atoms with Crippen LogP contribution in [0.2, 0.25) is 0 Å². The van der Waals surface area contributed by atoms with E-state index in [0.717, 1.165) is 31.2 Å². The van der Waals surface area contributed by atoms with Gasteiger partial charge >= 0.3 is 5.97 Å². The lowest BCUT2D eigenvalue weighted by Gasteiger charge is -2.31. The minimum Gasteiger partial charge on any atom is -0.462 e. The minimum absolute atomic E-state index is 0.302. The number of carbonyl (C=O) groups excluding carboxylic acids is 1. The smallest absolute Gasteiger partial charge is 0.338 e. The fourth-order valence-electron chi connectivity index (χ4n) is 2.76. The maximum absolute atomic E-state index is 11.6. The fourth-order valence-corrected chi connectivity index (χ4v) is 2.76. The van der Waals surface area contributed by atoms with Crippen LogP contribution in [-0.2, 0) is 10.2 Å². The van der Waals surface area contributed by atoms with E-state index in [1.807, 2.05) is 12.1 Å². The Bertz CT molecular complexity index is 478. The van der Waals surface area contributed by atoms with Gasteiger partial charge in [0.15, 0.2) is 0 Å². The summed E-state index contributed by atoms with van der Waals surface area (Å²) in [5.41, 5.74) is 1.23. The number of carbonyl (C=O) groups is 1. The maximum atomic E-state index is 11.6. The molecule has 0 heterocycles. The Labute approximate surface area is 114 Å². The molecule has 0 radical (unpaired) electrons. The van der Waals surface area contributed by atoms with Gasteiger partial charge in [-0.25, -0.2) is 4.79 Å². The van der Waals surface area contributed by atoms with Gasteiger partial charge in [0.05, 0.1) is 23.7 Å². The highest BCUT2D eigenvalue weighted by Gasteiger charge is 2.33. The average Bonchev–Trinajstić information content (AvgIpc) is 2.48. The third-order valence-electron chi connectivity index (χ3n) is 3.87. The van der Waals surface area contributed by atoms with E-state index < -0.39 is 0 Å². The average molecular weight is 257 g/mol. The van der Waals surface area contributed by atoms with E-state index in [0.29, 0.717) is 12.2 Å². The molecular weight excluding hydrogens is 238 g/mol. The highest BCUT2D eigenvalue weighted by atomic mass is 16.5. The van der Waals surface area contributed by atoms with E-state index in [9.17, 15) is 10.1 Å². The van der Waals surface area contributed by atoms with Crippen LogP contribution < -0.4 is 0 Å². The molecule has 0 aliphatic heterocycles.